The first-order valence-electron chi connectivity index (χ1n) is 8.25. The fraction of sp³-hybridized carbons (Fsp3) is 0.562. The molecule has 0 saturated carbocycles. The second-order valence-electron chi connectivity index (χ2n) is 5.59. The molecule has 0 spiro atoms. The summed E-state index contributed by atoms with van der Waals surface area (Å²) < 4.78 is 0. The van der Waals surface area contributed by atoms with Gasteiger partial charge in [-0.2, -0.15) is 15.2 Å². The minimum Gasteiger partial charge on any atom is -0.370 e. The number of nitrogens with zero attached hydrogens (tertiary/aromatic N) is 5. The van der Waals surface area contributed by atoms with Crippen LogP contribution < -0.4 is 11.1 Å². The van der Waals surface area contributed by atoms with Gasteiger partial charge in [-0.05, 0) is 19.8 Å². The molecule has 8 heteroatoms. The molecule has 0 radical (unpaired) electrons. The topological polar surface area (TPSA) is 109 Å². The normalized spacial score (nSPS) is 14.8. The van der Waals surface area contributed by atoms with Crippen molar-refractivity contribution in [3.63, 3.8) is 0 Å². The predicted molar refractivity (Wildman–Crippen MR) is 93.5 cm³/mol. The maximum absolute atomic E-state index is 12.5. The highest BCUT2D eigenvalue weighted by Gasteiger charge is 2.26. The van der Waals surface area contributed by atoms with Gasteiger partial charge in [0.25, 0.3) is 5.91 Å². The van der Waals surface area contributed by atoms with E-state index >= 15 is 0 Å². The number of fused-ring (bicyclic) bond motifs is 1. The number of allylic oxidation sites excluding steroid dienone is 1. The molecule has 8 nitrogen and oxygen atoms in total. The molecule has 1 aromatic heterocycles. The summed E-state index contributed by atoms with van der Waals surface area (Å²) >= 11 is 0. The molecule has 1 aliphatic rings. The number of carbonyl (C=O) groups excluding carboxylic acids is 1. The van der Waals surface area contributed by atoms with Gasteiger partial charge in [0.05, 0.1) is 12.2 Å². The van der Waals surface area contributed by atoms with Crippen molar-refractivity contribution in [1.29, 1.82) is 0 Å². The number of amides is 1. The van der Waals surface area contributed by atoms with Gasteiger partial charge in [-0.25, -0.2) is 4.98 Å². The molecule has 2 rings (SSSR count). The molecule has 0 aliphatic carbocycles. The third-order valence-corrected chi connectivity index (χ3v) is 3.89. The number of nitrogen functional groups attached to an aromatic ring is 1. The number of carbonyl (C=O) groups is 1. The summed E-state index contributed by atoms with van der Waals surface area (Å²) in [6, 6.07) is 0. The Morgan fingerprint density at radius 3 is 2.92 bits per heavy atom. The van der Waals surface area contributed by atoms with E-state index < -0.39 is 0 Å². The van der Waals surface area contributed by atoms with E-state index in [9.17, 15) is 4.79 Å². The van der Waals surface area contributed by atoms with Crippen LogP contribution in [0.25, 0.3) is 0 Å². The van der Waals surface area contributed by atoms with Crippen LogP contribution in [0.3, 0.4) is 0 Å². The Hall–Kier alpha value is -2.51. The Morgan fingerprint density at radius 2 is 2.25 bits per heavy atom. The zero-order valence-corrected chi connectivity index (χ0v) is 14.5. The Kier molecular flexibility index (Phi) is 6.22. The standard InChI is InChI=1S/C16H25N7O/c1-4-6-8-19-14-11-7-9-23(10-13(11)20-16(17)21-14)15(24)12(5-2)22-18-3/h5H,4,6-10H2,1-3H3,(H3,17,19,20,21)/b12-5-,22-18-. The van der Waals surface area contributed by atoms with Crippen molar-refractivity contribution < 1.29 is 4.79 Å². The lowest BCUT2D eigenvalue weighted by Crippen LogP contribution is -2.37. The van der Waals surface area contributed by atoms with Crippen LogP contribution in [0, 0.1) is 0 Å². The summed E-state index contributed by atoms with van der Waals surface area (Å²) in [4.78, 5) is 22.9. The van der Waals surface area contributed by atoms with Crippen LogP contribution in [-0.2, 0) is 17.8 Å². The number of hydrogen-bond donors (Lipinski definition) is 2. The van der Waals surface area contributed by atoms with Crippen LogP contribution in [0.1, 0.15) is 37.9 Å². The first kappa shape index (κ1) is 17.8. The van der Waals surface area contributed by atoms with E-state index in [1.54, 1.807) is 24.9 Å². The molecule has 0 unspecified atom stereocenters. The fourth-order valence-corrected chi connectivity index (χ4v) is 2.65. The minimum atomic E-state index is -0.147. The highest BCUT2D eigenvalue weighted by molar-refractivity contribution is 5.93. The number of nitrogens with one attached hydrogen (secondary N) is 1. The van der Waals surface area contributed by atoms with Crippen molar-refractivity contribution in [3.05, 3.63) is 23.0 Å². The molecular weight excluding hydrogens is 306 g/mol. The van der Waals surface area contributed by atoms with E-state index in [0.717, 1.165) is 36.5 Å². The summed E-state index contributed by atoms with van der Waals surface area (Å²) in [6.07, 6.45) is 4.53. The predicted octanol–water partition coefficient (Wildman–Crippen LogP) is 2.14. The molecule has 0 fully saturated rings. The number of unbranched alkanes of at least 4 members (excludes halogenated alkanes) is 1. The molecule has 0 atom stereocenters. The summed E-state index contributed by atoms with van der Waals surface area (Å²) in [7, 11) is 1.55. The van der Waals surface area contributed by atoms with Crippen molar-refractivity contribution in [2.75, 3.05) is 31.2 Å². The van der Waals surface area contributed by atoms with E-state index in [1.807, 2.05) is 0 Å². The fourth-order valence-electron chi connectivity index (χ4n) is 2.65. The largest absolute Gasteiger partial charge is 0.370 e. The quantitative estimate of drug-likeness (QED) is 0.471. The van der Waals surface area contributed by atoms with Gasteiger partial charge in [0.15, 0.2) is 0 Å². The second kappa shape index (κ2) is 8.37. The summed E-state index contributed by atoms with van der Waals surface area (Å²) in [5.41, 5.74) is 8.01. The van der Waals surface area contributed by atoms with Crippen molar-refractivity contribution in [1.82, 2.24) is 14.9 Å². The highest BCUT2D eigenvalue weighted by Crippen LogP contribution is 2.25. The van der Waals surface area contributed by atoms with E-state index in [1.165, 1.54) is 0 Å². The van der Waals surface area contributed by atoms with Crippen LogP contribution in [0.15, 0.2) is 22.0 Å². The first-order chi connectivity index (χ1) is 11.6. The van der Waals surface area contributed by atoms with Gasteiger partial charge in [0.1, 0.15) is 11.5 Å². The molecule has 1 amide bonds. The van der Waals surface area contributed by atoms with Crippen LogP contribution in [0.2, 0.25) is 0 Å². The second-order valence-corrected chi connectivity index (χ2v) is 5.59. The van der Waals surface area contributed by atoms with Crippen LogP contribution in [0.5, 0.6) is 0 Å². The Morgan fingerprint density at radius 1 is 1.46 bits per heavy atom. The Balaban J connectivity index is 2.20. The SMILES string of the molecule is C/C=C(\N=N/C)C(=O)N1CCc2c(nc(N)nc2NCCCC)C1. The molecule has 1 aromatic rings. The van der Waals surface area contributed by atoms with Crippen molar-refractivity contribution in [3.8, 4) is 0 Å². The number of azo groups is 1. The maximum atomic E-state index is 12.5. The smallest absolute Gasteiger partial charge is 0.274 e. The van der Waals surface area contributed by atoms with Gasteiger partial charge < -0.3 is 16.0 Å². The Bertz CT molecular complexity index is 654. The zero-order chi connectivity index (χ0) is 17.5. The lowest BCUT2D eigenvalue weighted by atomic mass is 10.0. The molecule has 0 bridgehead atoms. The van der Waals surface area contributed by atoms with Crippen molar-refractivity contribution >= 4 is 17.7 Å². The van der Waals surface area contributed by atoms with E-state index in [2.05, 4.69) is 32.4 Å². The molecule has 0 aromatic carbocycles. The van der Waals surface area contributed by atoms with Gasteiger partial charge in [0, 0.05) is 25.7 Å². The van der Waals surface area contributed by atoms with Gasteiger partial charge in [0.2, 0.25) is 5.95 Å². The zero-order valence-electron chi connectivity index (χ0n) is 14.5. The van der Waals surface area contributed by atoms with E-state index in [0.29, 0.717) is 25.2 Å². The third kappa shape index (κ3) is 4.06. The average molecular weight is 331 g/mol. The third-order valence-electron chi connectivity index (χ3n) is 3.89. The van der Waals surface area contributed by atoms with Gasteiger partial charge in [-0.3, -0.25) is 4.79 Å². The van der Waals surface area contributed by atoms with Crippen LogP contribution >= 0.6 is 0 Å². The monoisotopic (exact) mass is 331 g/mol. The Labute approximate surface area is 142 Å². The lowest BCUT2D eigenvalue weighted by molar-refractivity contribution is -0.128. The van der Waals surface area contributed by atoms with E-state index in [4.69, 9.17) is 5.73 Å². The van der Waals surface area contributed by atoms with E-state index in [-0.39, 0.29) is 11.9 Å². The maximum Gasteiger partial charge on any atom is 0.274 e. The van der Waals surface area contributed by atoms with Gasteiger partial charge in [-0.15, -0.1) is 0 Å². The number of anilines is 2. The molecule has 130 valence electrons. The van der Waals surface area contributed by atoms with Crippen LogP contribution in [0.4, 0.5) is 11.8 Å². The molecule has 24 heavy (non-hydrogen) atoms. The summed E-state index contributed by atoms with van der Waals surface area (Å²) in [5, 5.41) is 10.9. The number of nitrogens with two attached hydrogens (primary N) is 1. The molecule has 3 N–H and O–H groups in total. The molecule has 1 aliphatic heterocycles. The van der Waals surface area contributed by atoms with Crippen LogP contribution in [-0.4, -0.2) is 40.9 Å². The van der Waals surface area contributed by atoms with Crippen molar-refractivity contribution in [2.45, 2.75) is 39.7 Å². The van der Waals surface area contributed by atoms with Gasteiger partial charge >= 0.3 is 0 Å². The molecule has 0 saturated heterocycles. The highest BCUT2D eigenvalue weighted by atomic mass is 16.2. The average Bonchev–Trinajstić information content (AvgIpc) is 2.58. The minimum absolute atomic E-state index is 0.147. The number of hydrogen-bond acceptors (Lipinski definition) is 7. The summed E-state index contributed by atoms with van der Waals surface area (Å²) in [6.45, 7) is 5.76. The molecule has 2 heterocycles. The molecular formula is C16H25N7O. The van der Waals surface area contributed by atoms with Gasteiger partial charge in [-0.1, -0.05) is 19.4 Å². The number of aromatic nitrogens is 2. The first-order valence-corrected chi connectivity index (χ1v) is 8.25. The summed E-state index contributed by atoms with van der Waals surface area (Å²) in [5.74, 6) is 0.866. The number of rotatable bonds is 6. The lowest BCUT2D eigenvalue weighted by Gasteiger charge is -2.29. The van der Waals surface area contributed by atoms with Crippen molar-refractivity contribution in [2.24, 2.45) is 10.2 Å².